The SMILES string of the molecule is CCC(NC(C)=O)c1nnc(-c2ccc(C)c3ccccc23)[nH]c1=O. The molecule has 0 bridgehead atoms. The number of hydrogen-bond acceptors (Lipinski definition) is 4. The van der Waals surface area contributed by atoms with Crippen LogP contribution in [0.1, 0.15) is 37.6 Å². The number of aryl methyl sites for hydroxylation is 1. The van der Waals surface area contributed by atoms with Crippen LogP contribution in [0.2, 0.25) is 0 Å². The van der Waals surface area contributed by atoms with Crippen molar-refractivity contribution in [3.63, 3.8) is 0 Å². The van der Waals surface area contributed by atoms with Crippen molar-refractivity contribution in [2.45, 2.75) is 33.2 Å². The normalized spacial score (nSPS) is 12.1. The highest BCUT2D eigenvalue weighted by Crippen LogP contribution is 2.28. The van der Waals surface area contributed by atoms with E-state index in [1.165, 1.54) is 6.92 Å². The minimum atomic E-state index is -0.447. The maximum absolute atomic E-state index is 12.5. The number of nitrogens with zero attached hydrogens (tertiary/aromatic N) is 2. The highest BCUT2D eigenvalue weighted by molar-refractivity contribution is 5.96. The Morgan fingerprint density at radius 2 is 1.88 bits per heavy atom. The molecule has 3 rings (SSSR count). The van der Waals surface area contributed by atoms with E-state index in [1.807, 2.05) is 50.2 Å². The topological polar surface area (TPSA) is 87.7 Å². The lowest BCUT2D eigenvalue weighted by atomic mass is 10.00. The van der Waals surface area contributed by atoms with Gasteiger partial charge >= 0.3 is 0 Å². The molecule has 1 heterocycles. The molecule has 0 saturated heterocycles. The lowest BCUT2D eigenvalue weighted by Gasteiger charge is -2.14. The molecule has 1 atom stereocenters. The van der Waals surface area contributed by atoms with Gasteiger partial charge in [-0.1, -0.05) is 43.3 Å². The summed E-state index contributed by atoms with van der Waals surface area (Å²) in [7, 11) is 0. The molecule has 25 heavy (non-hydrogen) atoms. The number of rotatable bonds is 4. The Hall–Kier alpha value is -3.02. The Morgan fingerprint density at radius 1 is 1.16 bits per heavy atom. The van der Waals surface area contributed by atoms with Gasteiger partial charge in [0.15, 0.2) is 11.5 Å². The Morgan fingerprint density at radius 3 is 2.52 bits per heavy atom. The molecule has 0 saturated carbocycles. The van der Waals surface area contributed by atoms with Crippen LogP contribution >= 0.6 is 0 Å². The highest BCUT2D eigenvalue weighted by Gasteiger charge is 2.18. The second-order valence-corrected chi connectivity index (χ2v) is 6.02. The van der Waals surface area contributed by atoms with E-state index in [9.17, 15) is 9.59 Å². The number of H-pyrrole nitrogens is 1. The fourth-order valence-electron chi connectivity index (χ4n) is 2.96. The number of benzene rings is 2. The van der Waals surface area contributed by atoms with Crippen LogP contribution in [0.3, 0.4) is 0 Å². The number of hydrogen-bond donors (Lipinski definition) is 2. The molecule has 1 unspecified atom stereocenters. The summed E-state index contributed by atoms with van der Waals surface area (Å²) < 4.78 is 0. The van der Waals surface area contributed by atoms with Crippen LogP contribution in [-0.2, 0) is 4.79 Å². The summed E-state index contributed by atoms with van der Waals surface area (Å²) in [6.45, 7) is 5.34. The molecule has 6 heteroatoms. The third-order valence-electron chi connectivity index (χ3n) is 4.24. The van der Waals surface area contributed by atoms with Gasteiger partial charge in [-0.3, -0.25) is 9.59 Å². The monoisotopic (exact) mass is 336 g/mol. The van der Waals surface area contributed by atoms with Crippen LogP contribution in [0.25, 0.3) is 22.2 Å². The van der Waals surface area contributed by atoms with E-state index < -0.39 is 6.04 Å². The largest absolute Gasteiger partial charge is 0.348 e. The van der Waals surface area contributed by atoms with Crippen LogP contribution in [0, 0.1) is 6.92 Å². The molecule has 0 radical (unpaired) electrons. The van der Waals surface area contributed by atoms with Crippen molar-refractivity contribution < 1.29 is 4.79 Å². The summed E-state index contributed by atoms with van der Waals surface area (Å²) in [5.74, 6) is 0.212. The van der Waals surface area contributed by atoms with Crippen molar-refractivity contribution in [2.24, 2.45) is 0 Å². The van der Waals surface area contributed by atoms with Crippen LogP contribution in [0.15, 0.2) is 41.2 Å². The molecule has 0 fully saturated rings. The smallest absolute Gasteiger partial charge is 0.275 e. The first-order valence-electron chi connectivity index (χ1n) is 8.24. The van der Waals surface area contributed by atoms with Crippen LogP contribution < -0.4 is 10.9 Å². The minimum absolute atomic E-state index is 0.207. The first-order chi connectivity index (χ1) is 12.0. The number of aromatic nitrogens is 3. The molecule has 0 spiro atoms. The summed E-state index contributed by atoms with van der Waals surface area (Å²) in [5, 5.41) is 13.1. The summed E-state index contributed by atoms with van der Waals surface area (Å²) in [4.78, 5) is 26.6. The van der Waals surface area contributed by atoms with E-state index in [0.717, 1.165) is 21.9 Å². The van der Waals surface area contributed by atoms with Crippen LogP contribution in [0.5, 0.6) is 0 Å². The Kier molecular flexibility index (Phi) is 4.61. The second-order valence-electron chi connectivity index (χ2n) is 6.02. The molecule has 2 aromatic carbocycles. The van der Waals surface area contributed by atoms with Gasteiger partial charge in [0.05, 0.1) is 6.04 Å². The van der Waals surface area contributed by atoms with Crippen molar-refractivity contribution in [3.05, 3.63) is 58.0 Å². The summed E-state index contributed by atoms with van der Waals surface area (Å²) in [6, 6.07) is 11.5. The first kappa shape index (κ1) is 16.8. The maximum Gasteiger partial charge on any atom is 0.275 e. The molecule has 1 amide bonds. The van der Waals surface area contributed by atoms with Gasteiger partial charge in [-0.25, -0.2) is 0 Å². The molecule has 3 aromatic rings. The molecule has 0 aliphatic carbocycles. The lowest BCUT2D eigenvalue weighted by molar-refractivity contribution is -0.119. The van der Waals surface area contributed by atoms with Gasteiger partial charge in [-0.2, -0.15) is 0 Å². The molecule has 2 N–H and O–H groups in total. The average molecular weight is 336 g/mol. The van der Waals surface area contributed by atoms with E-state index in [-0.39, 0.29) is 17.2 Å². The van der Waals surface area contributed by atoms with Crippen molar-refractivity contribution >= 4 is 16.7 Å². The van der Waals surface area contributed by atoms with E-state index >= 15 is 0 Å². The van der Waals surface area contributed by atoms with Crippen molar-refractivity contribution in [2.75, 3.05) is 0 Å². The Bertz CT molecular complexity index is 994. The van der Waals surface area contributed by atoms with Gasteiger partial charge in [0.25, 0.3) is 5.56 Å². The van der Waals surface area contributed by atoms with Crippen molar-refractivity contribution in [1.82, 2.24) is 20.5 Å². The third kappa shape index (κ3) is 3.28. The number of amides is 1. The maximum atomic E-state index is 12.5. The molecule has 0 aliphatic heterocycles. The number of carbonyl (C=O) groups is 1. The number of carbonyl (C=O) groups excluding carboxylic acids is 1. The highest BCUT2D eigenvalue weighted by atomic mass is 16.1. The van der Waals surface area contributed by atoms with Gasteiger partial charge in [0.2, 0.25) is 5.91 Å². The molecular weight excluding hydrogens is 316 g/mol. The zero-order valence-corrected chi connectivity index (χ0v) is 14.5. The quantitative estimate of drug-likeness (QED) is 0.767. The van der Waals surface area contributed by atoms with Crippen molar-refractivity contribution in [3.8, 4) is 11.4 Å². The zero-order chi connectivity index (χ0) is 18.0. The predicted octanol–water partition coefficient (Wildman–Crippen LogP) is 2.88. The summed E-state index contributed by atoms with van der Waals surface area (Å²) in [5.41, 5.74) is 1.86. The van der Waals surface area contributed by atoms with Crippen molar-refractivity contribution in [1.29, 1.82) is 0 Å². The lowest BCUT2D eigenvalue weighted by Crippen LogP contribution is -2.32. The molecular formula is C19H20N4O2. The predicted molar refractivity (Wildman–Crippen MR) is 97.2 cm³/mol. The van der Waals surface area contributed by atoms with E-state index in [0.29, 0.717) is 12.2 Å². The van der Waals surface area contributed by atoms with E-state index in [1.54, 1.807) is 0 Å². The van der Waals surface area contributed by atoms with Gasteiger partial charge in [-0.05, 0) is 29.7 Å². The Labute approximate surface area is 145 Å². The number of nitrogens with one attached hydrogen (secondary N) is 2. The summed E-state index contributed by atoms with van der Waals surface area (Å²) >= 11 is 0. The molecule has 0 aliphatic rings. The molecule has 6 nitrogen and oxygen atoms in total. The number of aromatic amines is 1. The fourth-order valence-corrected chi connectivity index (χ4v) is 2.96. The van der Waals surface area contributed by atoms with E-state index in [4.69, 9.17) is 0 Å². The molecule has 128 valence electrons. The minimum Gasteiger partial charge on any atom is -0.348 e. The third-order valence-corrected chi connectivity index (χ3v) is 4.24. The number of fused-ring (bicyclic) bond motifs is 1. The molecule has 1 aromatic heterocycles. The van der Waals surface area contributed by atoms with Gasteiger partial charge in [-0.15, -0.1) is 10.2 Å². The van der Waals surface area contributed by atoms with Gasteiger partial charge in [0, 0.05) is 12.5 Å². The Balaban J connectivity index is 2.09. The van der Waals surface area contributed by atoms with Gasteiger partial charge < -0.3 is 10.3 Å². The first-order valence-corrected chi connectivity index (χ1v) is 8.24. The van der Waals surface area contributed by atoms with Gasteiger partial charge in [0.1, 0.15) is 0 Å². The zero-order valence-electron chi connectivity index (χ0n) is 14.5. The average Bonchev–Trinajstić information content (AvgIpc) is 2.60. The van der Waals surface area contributed by atoms with E-state index in [2.05, 4.69) is 20.5 Å². The standard InChI is InChI=1S/C19H20N4O2/c1-4-16(20-12(3)24)17-19(25)21-18(23-22-17)15-10-9-11(2)13-7-5-6-8-14(13)15/h5-10,16H,4H2,1-3H3,(H,20,24)(H,21,23,25). The van der Waals surface area contributed by atoms with Crippen LogP contribution in [-0.4, -0.2) is 21.1 Å². The second kappa shape index (κ2) is 6.84. The summed E-state index contributed by atoms with van der Waals surface area (Å²) in [6.07, 6.45) is 0.560. The fraction of sp³-hybridized carbons (Fsp3) is 0.263. The van der Waals surface area contributed by atoms with Crippen LogP contribution in [0.4, 0.5) is 0 Å².